The first-order valence-corrected chi connectivity index (χ1v) is 18.8. The molecule has 9 nitrogen and oxygen atoms in total. The summed E-state index contributed by atoms with van der Waals surface area (Å²) in [4.78, 5) is 0. The third-order valence-corrected chi connectivity index (χ3v) is 10.9. The Labute approximate surface area is 303 Å². The Hall–Kier alpha value is -3.13. The highest BCUT2D eigenvalue weighted by atomic mass is 32.2. The predicted molar refractivity (Wildman–Crippen MR) is 191 cm³/mol. The second-order valence-electron chi connectivity index (χ2n) is 13.2. The summed E-state index contributed by atoms with van der Waals surface area (Å²) in [6, 6.07) is 40.0. The van der Waals surface area contributed by atoms with E-state index >= 15 is 0 Å². The van der Waals surface area contributed by atoms with Crippen molar-refractivity contribution in [2.24, 2.45) is 0 Å². The topological polar surface area (TPSA) is 83.1 Å². The molecule has 4 aromatic carbocycles. The minimum absolute atomic E-state index is 0.289. The van der Waals surface area contributed by atoms with Gasteiger partial charge in [0, 0.05) is 23.8 Å². The van der Waals surface area contributed by atoms with E-state index in [1.54, 1.807) is 18.9 Å². The van der Waals surface area contributed by atoms with Crippen molar-refractivity contribution in [2.45, 2.75) is 86.2 Å². The molecule has 0 amide bonds. The molecular weight excluding hydrogens is 669 g/mol. The van der Waals surface area contributed by atoms with Gasteiger partial charge < -0.3 is 42.6 Å². The number of methoxy groups -OCH3 is 1. The molecule has 11 atom stereocenters. The fourth-order valence-electron chi connectivity index (χ4n) is 7.58. The van der Waals surface area contributed by atoms with E-state index < -0.39 is 61.1 Å². The third-order valence-electron chi connectivity index (χ3n) is 10.1. The Balaban J connectivity index is 1.11. The quantitative estimate of drug-likeness (QED) is 0.179. The summed E-state index contributed by atoms with van der Waals surface area (Å²) < 4.78 is 60.2. The summed E-state index contributed by atoms with van der Waals surface area (Å²) in [5.74, 6) is -1.17. The molecule has 0 radical (unpaired) electrons. The van der Waals surface area contributed by atoms with Gasteiger partial charge in [-0.15, -0.1) is 11.8 Å². The van der Waals surface area contributed by atoms with Crippen LogP contribution in [0.15, 0.2) is 121 Å². The van der Waals surface area contributed by atoms with Crippen molar-refractivity contribution < 1.29 is 42.6 Å². The van der Waals surface area contributed by atoms with Crippen LogP contribution in [0, 0.1) is 0 Å². The number of ether oxygens (including phenoxy) is 9. The maximum atomic E-state index is 7.15. The monoisotopic (exact) mass is 712 g/mol. The van der Waals surface area contributed by atoms with E-state index in [1.807, 2.05) is 135 Å². The van der Waals surface area contributed by atoms with Gasteiger partial charge >= 0.3 is 0 Å². The van der Waals surface area contributed by atoms with E-state index in [2.05, 4.69) is 0 Å². The number of thioether (sulfide) groups is 1. The summed E-state index contributed by atoms with van der Waals surface area (Å²) in [6.07, 6.45) is -3.46. The highest BCUT2D eigenvalue weighted by molar-refractivity contribution is 7.99. The number of hydrogen-bond acceptors (Lipinski definition) is 10. The van der Waals surface area contributed by atoms with Crippen molar-refractivity contribution in [1.82, 2.24) is 0 Å². The van der Waals surface area contributed by atoms with Crippen LogP contribution in [0.4, 0.5) is 0 Å². The summed E-state index contributed by atoms with van der Waals surface area (Å²) in [5, 5.41) is 0. The molecule has 8 rings (SSSR count). The molecule has 0 aromatic heterocycles. The molecule has 4 aliphatic rings. The molecule has 1 unspecified atom stereocenters. The van der Waals surface area contributed by atoms with Gasteiger partial charge in [-0.25, -0.2) is 0 Å². The van der Waals surface area contributed by atoms with Gasteiger partial charge in [-0.3, -0.25) is 0 Å². The first kappa shape index (κ1) is 34.9. The van der Waals surface area contributed by atoms with Crippen molar-refractivity contribution >= 4 is 11.8 Å². The van der Waals surface area contributed by atoms with E-state index in [1.165, 1.54) is 0 Å². The zero-order valence-electron chi connectivity index (χ0n) is 28.9. The van der Waals surface area contributed by atoms with Gasteiger partial charge in [0.2, 0.25) is 5.79 Å². The van der Waals surface area contributed by atoms with Crippen molar-refractivity contribution in [3.8, 4) is 0 Å². The maximum absolute atomic E-state index is 7.15. The molecule has 0 spiro atoms. The Bertz CT molecular complexity index is 1640. The molecule has 268 valence electrons. The molecule has 4 aromatic rings. The number of fused-ring (bicyclic) bond motifs is 2. The first-order valence-electron chi connectivity index (χ1n) is 17.5. The molecule has 0 aliphatic carbocycles. The van der Waals surface area contributed by atoms with Crippen LogP contribution in [-0.2, 0) is 55.0 Å². The second kappa shape index (κ2) is 15.5. The molecule has 4 saturated heterocycles. The molecule has 0 saturated carbocycles. The molecule has 0 N–H and O–H groups in total. The Morgan fingerprint density at radius 2 is 1.29 bits per heavy atom. The van der Waals surface area contributed by atoms with Crippen molar-refractivity contribution in [1.29, 1.82) is 0 Å². The Morgan fingerprint density at radius 3 is 1.92 bits per heavy atom. The average molecular weight is 713 g/mol. The van der Waals surface area contributed by atoms with Crippen LogP contribution in [0.2, 0.25) is 0 Å². The normalized spacial score (nSPS) is 34.4. The fourth-order valence-corrected chi connectivity index (χ4v) is 8.34. The molecule has 51 heavy (non-hydrogen) atoms. The van der Waals surface area contributed by atoms with Crippen LogP contribution in [0.1, 0.15) is 35.5 Å². The highest BCUT2D eigenvalue weighted by Crippen LogP contribution is 2.50. The zero-order chi connectivity index (χ0) is 34.8. The van der Waals surface area contributed by atoms with Gasteiger partial charge in [0.25, 0.3) is 0 Å². The Kier molecular flexibility index (Phi) is 10.6. The van der Waals surface area contributed by atoms with Gasteiger partial charge in [0.05, 0.1) is 19.3 Å². The minimum atomic E-state index is -1.17. The van der Waals surface area contributed by atoms with Crippen LogP contribution < -0.4 is 0 Å². The van der Waals surface area contributed by atoms with Crippen LogP contribution in [0.3, 0.4) is 0 Å². The van der Waals surface area contributed by atoms with E-state index in [4.69, 9.17) is 42.6 Å². The zero-order valence-corrected chi connectivity index (χ0v) is 29.7. The minimum Gasteiger partial charge on any atom is -0.376 e. The SMILES string of the molecule is CO[C@@H]1[C@@H](OCc2ccccc2)[C@H](O[C@@H]2[C@H]3OC(c4ccccc4)(c4ccccc4)O[C@H]3[C@H](SC)O[C@H]2C)O[C@@H]2COC(c3ccccc3)O[C@@H]12. The number of rotatable bonds is 10. The predicted octanol–water partition coefficient (Wildman–Crippen LogP) is 6.60. The van der Waals surface area contributed by atoms with Crippen LogP contribution >= 0.6 is 11.8 Å². The van der Waals surface area contributed by atoms with Crippen molar-refractivity contribution in [3.63, 3.8) is 0 Å². The van der Waals surface area contributed by atoms with Gasteiger partial charge in [0.1, 0.15) is 48.2 Å². The molecule has 4 fully saturated rings. The van der Waals surface area contributed by atoms with Gasteiger partial charge in [-0.2, -0.15) is 0 Å². The molecule has 4 heterocycles. The van der Waals surface area contributed by atoms with Gasteiger partial charge in [-0.05, 0) is 18.7 Å². The number of benzene rings is 4. The summed E-state index contributed by atoms with van der Waals surface area (Å²) in [6.45, 7) is 2.62. The lowest BCUT2D eigenvalue weighted by Gasteiger charge is -2.50. The standard InChI is InChI=1S/C41H44O9S/c1-26-32(35-37(40(45-26)51-3)50-41(49-35,29-20-12-6-13-21-29)30-22-14-7-15-23-30)47-39-36(43-24-27-16-8-4-9-17-27)34(42-2)33-31(46-39)25-44-38(48-33)28-18-10-5-11-19-28/h4-23,26,31-40H,24-25H2,1-3H3/t26-,31+,32-,33+,34-,35+,36+,37+,38?,39-,40-/m0/s1. The van der Waals surface area contributed by atoms with Gasteiger partial charge in [0.15, 0.2) is 12.6 Å². The average Bonchev–Trinajstić information content (AvgIpc) is 3.61. The lowest BCUT2D eigenvalue weighted by molar-refractivity contribution is -0.382. The summed E-state index contributed by atoms with van der Waals surface area (Å²) in [5.41, 5.74) is 3.43. The first-order chi connectivity index (χ1) is 25.1. The van der Waals surface area contributed by atoms with Crippen molar-refractivity contribution in [2.75, 3.05) is 20.0 Å². The molecule has 0 bridgehead atoms. The lowest BCUT2D eigenvalue weighted by Crippen LogP contribution is -2.65. The van der Waals surface area contributed by atoms with E-state index in [0.717, 1.165) is 22.3 Å². The van der Waals surface area contributed by atoms with E-state index in [9.17, 15) is 0 Å². The van der Waals surface area contributed by atoms with Crippen LogP contribution in [0.5, 0.6) is 0 Å². The largest absolute Gasteiger partial charge is 0.376 e. The molecular formula is C41H44O9S. The van der Waals surface area contributed by atoms with Crippen LogP contribution in [0.25, 0.3) is 0 Å². The second-order valence-corrected chi connectivity index (χ2v) is 14.2. The molecule has 10 heteroatoms. The summed E-state index contributed by atoms with van der Waals surface area (Å²) in [7, 11) is 1.67. The van der Waals surface area contributed by atoms with Gasteiger partial charge in [-0.1, -0.05) is 121 Å². The maximum Gasteiger partial charge on any atom is 0.223 e. The smallest absolute Gasteiger partial charge is 0.223 e. The third kappa shape index (κ3) is 6.91. The lowest BCUT2D eigenvalue weighted by atomic mass is 9.96. The van der Waals surface area contributed by atoms with Crippen LogP contribution in [-0.4, -0.2) is 80.5 Å². The van der Waals surface area contributed by atoms with Crippen molar-refractivity contribution in [3.05, 3.63) is 144 Å². The highest BCUT2D eigenvalue weighted by Gasteiger charge is 2.61. The van der Waals surface area contributed by atoms with E-state index in [0.29, 0.717) is 6.61 Å². The summed E-state index contributed by atoms with van der Waals surface area (Å²) >= 11 is 1.60. The molecule has 4 aliphatic heterocycles. The Morgan fingerprint density at radius 1 is 0.686 bits per heavy atom. The fraction of sp³-hybridized carbons (Fsp3) is 0.415. The van der Waals surface area contributed by atoms with E-state index in [-0.39, 0.29) is 18.1 Å². The number of hydrogen-bond donors (Lipinski definition) is 0.